The van der Waals surface area contributed by atoms with Crippen molar-refractivity contribution in [2.24, 2.45) is 11.8 Å². The number of likely N-dealkylation sites (tertiary alicyclic amines) is 1. The molecule has 2 aliphatic rings. The average molecular weight is 426 g/mol. The van der Waals surface area contributed by atoms with Crippen molar-refractivity contribution in [1.82, 2.24) is 9.88 Å². The van der Waals surface area contributed by atoms with Crippen LogP contribution in [-0.2, 0) is 0 Å². The Labute approximate surface area is 177 Å². The number of carboxylic acid groups (broad SMARTS) is 1. The average Bonchev–Trinajstić information content (AvgIpc) is 3.18. The fourth-order valence-electron chi connectivity index (χ4n) is 4.45. The molecule has 0 aliphatic carbocycles. The van der Waals surface area contributed by atoms with Crippen LogP contribution in [0.2, 0.25) is 0 Å². The monoisotopic (exact) mass is 425 g/mol. The molecule has 3 atom stereocenters. The van der Waals surface area contributed by atoms with E-state index in [4.69, 9.17) is 9.84 Å². The molecule has 152 valence electrons. The lowest BCUT2D eigenvalue weighted by Crippen LogP contribution is -2.29. The van der Waals surface area contributed by atoms with Gasteiger partial charge in [0.15, 0.2) is 0 Å². The van der Waals surface area contributed by atoms with Crippen LogP contribution >= 0.6 is 24.8 Å². The number of carboxylic acids is 1. The van der Waals surface area contributed by atoms with Gasteiger partial charge in [0, 0.05) is 37.8 Å². The van der Waals surface area contributed by atoms with Crippen LogP contribution in [0, 0.1) is 11.8 Å². The van der Waals surface area contributed by atoms with Gasteiger partial charge in [0.2, 0.25) is 0 Å². The van der Waals surface area contributed by atoms with E-state index < -0.39 is 5.97 Å². The quantitative estimate of drug-likeness (QED) is 0.809. The summed E-state index contributed by atoms with van der Waals surface area (Å²) in [6.45, 7) is 2.96. The van der Waals surface area contributed by atoms with Gasteiger partial charge in [0.25, 0.3) is 0 Å². The minimum atomic E-state index is -0.941. The predicted octanol–water partition coefficient (Wildman–Crippen LogP) is 3.37. The van der Waals surface area contributed by atoms with E-state index in [0.717, 1.165) is 31.2 Å². The molecule has 0 radical (unpaired) electrons. The molecule has 8 heteroatoms. The van der Waals surface area contributed by atoms with Gasteiger partial charge in [0.05, 0.1) is 12.7 Å². The summed E-state index contributed by atoms with van der Waals surface area (Å²) in [4.78, 5) is 20.1. The number of anilines is 1. The second-order valence-corrected chi connectivity index (χ2v) is 7.20. The van der Waals surface area contributed by atoms with Crippen LogP contribution in [0.3, 0.4) is 0 Å². The molecule has 1 aromatic heterocycles. The summed E-state index contributed by atoms with van der Waals surface area (Å²) in [6, 6.07) is 12.2. The van der Waals surface area contributed by atoms with Crippen molar-refractivity contribution in [1.29, 1.82) is 0 Å². The molecule has 2 fully saturated rings. The van der Waals surface area contributed by atoms with Gasteiger partial charge in [0.1, 0.15) is 11.6 Å². The molecule has 2 aliphatic heterocycles. The van der Waals surface area contributed by atoms with Crippen LogP contribution < -0.4 is 9.64 Å². The Morgan fingerprint density at radius 3 is 2.39 bits per heavy atom. The fraction of sp³-hybridized carbons (Fsp3) is 0.400. The van der Waals surface area contributed by atoms with Crippen molar-refractivity contribution in [2.75, 3.05) is 38.7 Å². The number of pyridine rings is 1. The van der Waals surface area contributed by atoms with E-state index in [9.17, 15) is 4.79 Å². The first-order chi connectivity index (χ1) is 12.6. The second kappa shape index (κ2) is 8.99. The normalized spacial score (nSPS) is 23.5. The molecular formula is C20H25Cl2N3O3. The SMILES string of the molecule is COc1ccc([C@@H]2[C@@H]3CN(c4ccc(C(=O)O)cn4)C[C@@H]3CN2C)cc1.Cl.Cl. The third-order valence-corrected chi connectivity index (χ3v) is 5.67. The van der Waals surface area contributed by atoms with Gasteiger partial charge in [-0.1, -0.05) is 12.1 Å². The maximum atomic E-state index is 11.0. The maximum absolute atomic E-state index is 11.0. The van der Waals surface area contributed by atoms with Crippen molar-refractivity contribution >= 4 is 36.6 Å². The largest absolute Gasteiger partial charge is 0.497 e. The number of fused-ring (bicyclic) bond motifs is 1. The van der Waals surface area contributed by atoms with E-state index in [0.29, 0.717) is 17.9 Å². The molecule has 6 nitrogen and oxygen atoms in total. The molecule has 2 saturated heterocycles. The van der Waals surface area contributed by atoms with Crippen molar-refractivity contribution in [3.8, 4) is 5.75 Å². The maximum Gasteiger partial charge on any atom is 0.337 e. The lowest BCUT2D eigenvalue weighted by Gasteiger charge is -2.27. The van der Waals surface area contributed by atoms with Gasteiger partial charge < -0.3 is 14.7 Å². The number of ether oxygens (including phenoxy) is 1. The number of rotatable bonds is 4. The van der Waals surface area contributed by atoms with Gasteiger partial charge in [-0.3, -0.25) is 4.90 Å². The molecule has 4 rings (SSSR count). The summed E-state index contributed by atoms with van der Waals surface area (Å²) >= 11 is 0. The van der Waals surface area contributed by atoms with Gasteiger partial charge in [-0.05, 0) is 42.8 Å². The molecule has 2 aromatic rings. The van der Waals surface area contributed by atoms with Gasteiger partial charge >= 0.3 is 5.97 Å². The fourth-order valence-corrected chi connectivity index (χ4v) is 4.45. The van der Waals surface area contributed by atoms with Crippen LogP contribution in [0.4, 0.5) is 5.82 Å². The molecular weight excluding hydrogens is 401 g/mol. The Kier molecular flexibility index (Phi) is 7.15. The highest BCUT2D eigenvalue weighted by Gasteiger charge is 2.46. The van der Waals surface area contributed by atoms with Crippen LogP contribution in [-0.4, -0.2) is 54.8 Å². The Hall–Kier alpha value is -2.02. The third-order valence-electron chi connectivity index (χ3n) is 5.67. The Balaban J connectivity index is 0.00000140. The van der Waals surface area contributed by atoms with Gasteiger partial charge in [-0.2, -0.15) is 0 Å². The van der Waals surface area contributed by atoms with Crippen LogP contribution in [0.5, 0.6) is 5.75 Å². The summed E-state index contributed by atoms with van der Waals surface area (Å²) < 4.78 is 5.27. The first-order valence-corrected chi connectivity index (χ1v) is 8.85. The Morgan fingerprint density at radius 2 is 1.82 bits per heavy atom. The number of benzene rings is 1. The minimum Gasteiger partial charge on any atom is -0.497 e. The molecule has 0 amide bonds. The molecule has 28 heavy (non-hydrogen) atoms. The molecule has 1 aromatic carbocycles. The highest BCUT2D eigenvalue weighted by Crippen LogP contribution is 2.45. The smallest absolute Gasteiger partial charge is 0.337 e. The summed E-state index contributed by atoms with van der Waals surface area (Å²) in [5.41, 5.74) is 1.54. The van der Waals surface area contributed by atoms with Crippen molar-refractivity contribution < 1.29 is 14.6 Å². The first-order valence-electron chi connectivity index (χ1n) is 8.85. The van der Waals surface area contributed by atoms with Crippen LogP contribution in [0.25, 0.3) is 0 Å². The van der Waals surface area contributed by atoms with E-state index >= 15 is 0 Å². The van der Waals surface area contributed by atoms with E-state index in [1.54, 1.807) is 13.2 Å². The van der Waals surface area contributed by atoms with Crippen molar-refractivity contribution in [2.45, 2.75) is 6.04 Å². The lowest BCUT2D eigenvalue weighted by molar-refractivity contribution is 0.0696. The van der Waals surface area contributed by atoms with E-state index in [-0.39, 0.29) is 30.4 Å². The molecule has 0 unspecified atom stereocenters. The first kappa shape index (κ1) is 22.3. The van der Waals surface area contributed by atoms with Crippen molar-refractivity contribution in [3.63, 3.8) is 0 Å². The number of aromatic carboxylic acids is 1. The molecule has 1 N–H and O–H groups in total. The number of methoxy groups -OCH3 is 1. The zero-order chi connectivity index (χ0) is 18.3. The summed E-state index contributed by atoms with van der Waals surface area (Å²) in [5.74, 6) is 1.92. The third kappa shape index (κ3) is 4.04. The zero-order valence-corrected chi connectivity index (χ0v) is 17.4. The molecule has 0 spiro atoms. The summed E-state index contributed by atoms with van der Waals surface area (Å²) in [5, 5.41) is 9.03. The minimum absolute atomic E-state index is 0. The number of hydrogen-bond donors (Lipinski definition) is 1. The number of carbonyl (C=O) groups is 1. The van der Waals surface area contributed by atoms with Gasteiger partial charge in [-0.25, -0.2) is 9.78 Å². The highest BCUT2D eigenvalue weighted by atomic mass is 35.5. The zero-order valence-electron chi connectivity index (χ0n) is 15.8. The number of aromatic nitrogens is 1. The highest BCUT2D eigenvalue weighted by molar-refractivity contribution is 5.87. The Bertz CT molecular complexity index is 801. The number of nitrogens with zero attached hydrogens (tertiary/aromatic N) is 3. The van der Waals surface area contributed by atoms with Gasteiger partial charge in [-0.15, -0.1) is 24.8 Å². The van der Waals surface area contributed by atoms with E-state index in [1.165, 1.54) is 11.8 Å². The van der Waals surface area contributed by atoms with E-state index in [2.05, 4.69) is 34.0 Å². The summed E-state index contributed by atoms with van der Waals surface area (Å²) in [6.07, 6.45) is 1.44. The predicted molar refractivity (Wildman–Crippen MR) is 113 cm³/mol. The Morgan fingerprint density at radius 1 is 1.11 bits per heavy atom. The van der Waals surface area contributed by atoms with Crippen LogP contribution in [0.15, 0.2) is 42.6 Å². The second-order valence-electron chi connectivity index (χ2n) is 7.20. The van der Waals surface area contributed by atoms with Crippen molar-refractivity contribution in [3.05, 3.63) is 53.7 Å². The molecule has 0 saturated carbocycles. The summed E-state index contributed by atoms with van der Waals surface area (Å²) in [7, 11) is 3.88. The van der Waals surface area contributed by atoms with E-state index in [1.807, 2.05) is 18.2 Å². The standard InChI is InChI=1S/C20H23N3O3.2ClH/c1-22-10-15-11-23(18-8-5-14(9-21-18)20(24)25)12-17(15)19(22)13-3-6-16(26-2)7-4-13;;/h3-9,15,17,19H,10-12H2,1-2H3,(H,24,25);2*1H/t15-,17+,19+;;/m0../s1. The molecule has 3 heterocycles. The number of hydrogen-bond acceptors (Lipinski definition) is 5. The molecule has 0 bridgehead atoms. The topological polar surface area (TPSA) is 65.9 Å². The lowest BCUT2D eigenvalue weighted by atomic mass is 9.89. The number of halogens is 2. The van der Waals surface area contributed by atoms with Crippen LogP contribution in [0.1, 0.15) is 22.0 Å².